The number of rotatable bonds is 0. The van der Waals surface area contributed by atoms with Crippen LogP contribution in [-0.4, -0.2) is 10.4 Å². The number of aromatic nitrogens is 1. The molecule has 0 atom stereocenters. The first-order chi connectivity index (χ1) is 8.72. The van der Waals surface area contributed by atoms with Gasteiger partial charge in [-0.2, -0.15) is 0 Å². The largest absolute Gasteiger partial charge is 0.343 e. The Morgan fingerprint density at radius 2 is 1.83 bits per heavy atom. The lowest BCUT2D eigenvalue weighted by atomic mass is 10.2. The van der Waals surface area contributed by atoms with Crippen LogP contribution in [0.5, 0.6) is 0 Å². The molecule has 1 aliphatic rings. The van der Waals surface area contributed by atoms with Gasteiger partial charge in [-0.05, 0) is 30.3 Å². The van der Waals surface area contributed by atoms with Crippen LogP contribution in [-0.2, 0) is 6.54 Å². The molecule has 2 aromatic rings. The van der Waals surface area contributed by atoms with Crippen molar-refractivity contribution in [2.24, 2.45) is 0 Å². The molecule has 0 radical (unpaired) electrons. The molecule has 0 fully saturated rings. The third-order valence-corrected chi connectivity index (χ3v) is 2.96. The maximum Gasteiger partial charge on any atom is 0.181 e. The first kappa shape index (κ1) is 10.8. The summed E-state index contributed by atoms with van der Waals surface area (Å²) in [7, 11) is 0. The van der Waals surface area contributed by atoms with E-state index >= 15 is 0 Å². The smallest absolute Gasteiger partial charge is 0.181 e. The molecule has 0 unspecified atom stereocenters. The second kappa shape index (κ2) is 4.15. The molecule has 0 spiro atoms. The van der Waals surface area contributed by atoms with Gasteiger partial charge in [-0.3, -0.25) is 4.79 Å². The van der Waals surface area contributed by atoms with Crippen molar-refractivity contribution in [3.63, 3.8) is 0 Å². The molecule has 1 aliphatic heterocycles. The minimum atomic E-state index is -0.269. The zero-order valence-corrected chi connectivity index (χ0v) is 9.61. The highest BCUT2D eigenvalue weighted by Gasteiger charge is 2.19. The summed E-state index contributed by atoms with van der Waals surface area (Å²) >= 11 is 0. The number of ketones is 1. The molecule has 3 rings (SSSR count). The highest BCUT2D eigenvalue weighted by Crippen LogP contribution is 2.17. The molecule has 3 heteroatoms. The van der Waals surface area contributed by atoms with Gasteiger partial charge in [0.1, 0.15) is 5.82 Å². The molecule has 0 bridgehead atoms. The minimum absolute atomic E-state index is 0.171. The monoisotopic (exact) mass is 239 g/mol. The van der Waals surface area contributed by atoms with Crippen LogP contribution < -0.4 is 0 Å². The average molecular weight is 239 g/mol. The van der Waals surface area contributed by atoms with E-state index in [2.05, 4.69) is 11.8 Å². The van der Waals surface area contributed by atoms with Crippen LogP contribution in [0.2, 0.25) is 0 Å². The van der Waals surface area contributed by atoms with Gasteiger partial charge in [0, 0.05) is 30.3 Å². The van der Waals surface area contributed by atoms with Gasteiger partial charge in [-0.25, -0.2) is 4.39 Å². The Morgan fingerprint density at radius 3 is 2.56 bits per heavy atom. The number of Topliss-reactive ketones (excluding diaryl/α,β-unsaturated/α-hetero) is 1. The lowest BCUT2D eigenvalue weighted by Gasteiger charge is -1.90. The number of fused-ring (bicyclic) bond motifs is 1. The predicted octanol–water partition coefficient (Wildman–Crippen LogP) is 2.61. The van der Waals surface area contributed by atoms with E-state index in [0.717, 1.165) is 23.4 Å². The van der Waals surface area contributed by atoms with E-state index in [1.165, 1.54) is 12.1 Å². The fourth-order valence-corrected chi connectivity index (χ4v) is 2.03. The predicted molar refractivity (Wildman–Crippen MR) is 65.8 cm³/mol. The van der Waals surface area contributed by atoms with Crippen LogP contribution in [0.4, 0.5) is 4.39 Å². The summed E-state index contributed by atoms with van der Waals surface area (Å²) < 4.78 is 14.6. The summed E-state index contributed by atoms with van der Waals surface area (Å²) in [5, 5.41) is 0. The number of benzene rings is 1. The van der Waals surface area contributed by atoms with Gasteiger partial charge < -0.3 is 4.57 Å². The molecule has 1 aromatic carbocycles. The van der Waals surface area contributed by atoms with Crippen molar-refractivity contribution in [3.8, 4) is 11.8 Å². The SMILES string of the molecule is O=C1CCn2cc(C#Cc3ccc(F)cc3)cc21. The summed E-state index contributed by atoms with van der Waals surface area (Å²) in [6.45, 7) is 0.742. The van der Waals surface area contributed by atoms with Crippen molar-refractivity contribution in [2.45, 2.75) is 13.0 Å². The summed E-state index contributed by atoms with van der Waals surface area (Å²) in [5.74, 6) is 5.84. The lowest BCUT2D eigenvalue weighted by Crippen LogP contribution is -1.89. The number of carbonyl (C=O) groups is 1. The lowest BCUT2D eigenvalue weighted by molar-refractivity contribution is 0.0994. The Morgan fingerprint density at radius 1 is 1.11 bits per heavy atom. The quantitative estimate of drug-likeness (QED) is 0.648. The van der Waals surface area contributed by atoms with Crippen molar-refractivity contribution in [1.82, 2.24) is 4.57 Å². The summed E-state index contributed by atoms with van der Waals surface area (Å²) in [4.78, 5) is 11.5. The van der Waals surface area contributed by atoms with Gasteiger partial charge in [0.15, 0.2) is 5.78 Å². The van der Waals surface area contributed by atoms with Crippen molar-refractivity contribution in [2.75, 3.05) is 0 Å². The molecular weight excluding hydrogens is 229 g/mol. The molecule has 0 saturated carbocycles. The third kappa shape index (κ3) is 1.93. The normalized spacial score (nSPS) is 13.1. The molecule has 0 amide bonds. The van der Waals surface area contributed by atoms with Gasteiger partial charge in [0.05, 0.1) is 5.69 Å². The number of halogens is 1. The first-order valence-electron chi connectivity index (χ1n) is 5.73. The zero-order chi connectivity index (χ0) is 12.5. The van der Waals surface area contributed by atoms with Crippen LogP contribution in [0.1, 0.15) is 28.0 Å². The van der Waals surface area contributed by atoms with E-state index < -0.39 is 0 Å². The Kier molecular flexibility index (Phi) is 2.49. The van der Waals surface area contributed by atoms with E-state index in [1.54, 1.807) is 12.1 Å². The highest BCUT2D eigenvalue weighted by molar-refractivity contribution is 5.96. The van der Waals surface area contributed by atoms with Crippen molar-refractivity contribution in [1.29, 1.82) is 0 Å². The molecular formula is C15H10FNO. The Labute approximate surface area is 104 Å². The maximum absolute atomic E-state index is 12.7. The van der Waals surface area contributed by atoms with Crippen molar-refractivity contribution in [3.05, 3.63) is 59.2 Å². The Bertz CT molecular complexity index is 671. The van der Waals surface area contributed by atoms with E-state index in [9.17, 15) is 9.18 Å². The van der Waals surface area contributed by atoms with Gasteiger partial charge in [0.25, 0.3) is 0 Å². The number of hydrogen-bond donors (Lipinski definition) is 0. The second-order valence-corrected chi connectivity index (χ2v) is 4.24. The molecule has 88 valence electrons. The number of nitrogens with zero attached hydrogens (tertiary/aromatic N) is 1. The van der Waals surface area contributed by atoms with Crippen LogP contribution in [0.25, 0.3) is 0 Å². The number of hydrogen-bond acceptors (Lipinski definition) is 1. The molecule has 18 heavy (non-hydrogen) atoms. The van der Waals surface area contributed by atoms with Crippen LogP contribution in [0.3, 0.4) is 0 Å². The van der Waals surface area contributed by atoms with Crippen LogP contribution in [0, 0.1) is 17.7 Å². The molecule has 1 aromatic heterocycles. The van der Waals surface area contributed by atoms with Crippen LogP contribution >= 0.6 is 0 Å². The van der Waals surface area contributed by atoms with E-state index in [-0.39, 0.29) is 11.6 Å². The average Bonchev–Trinajstić information content (AvgIpc) is 2.91. The van der Waals surface area contributed by atoms with Crippen LogP contribution in [0.15, 0.2) is 36.5 Å². The number of aryl methyl sites for hydroxylation is 1. The molecule has 2 nitrogen and oxygen atoms in total. The van der Waals surface area contributed by atoms with Crippen molar-refractivity contribution < 1.29 is 9.18 Å². The summed E-state index contributed by atoms with van der Waals surface area (Å²) in [6.07, 6.45) is 2.47. The van der Waals surface area contributed by atoms with E-state index in [4.69, 9.17) is 0 Å². The highest BCUT2D eigenvalue weighted by atomic mass is 19.1. The maximum atomic E-state index is 12.7. The minimum Gasteiger partial charge on any atom is -0.343 e. The molecule has 0 aliphatic carbocycles. The van der Waals surface area contributed by atoms with Gasteiger partial charge >= 0.3 is 0 Å². The molecule has 0 saturated heterocycles. The summed E-state index contributed by atoms with van der Waals surface area (Å²) in [5.41, 5.74) is 2.31. The Balaban J connectivity index is 1.88. The van der Waals surface area contributed by atoms with Gasteiger partial charge in [-0.1, -0.05) is 11.8 Å². The summed E-state index contributed by atoms with van der Waals surface area (Å²) in [6, 6.07) is 7.85. The van der Waals surface area contributed by atoms with Gasteiger partial charge in [-0.15, -0.1) is 0 Å². The third-order valence-electron chi connectivity index (χ3n) is 2.96. The fourth-order valence-electron chi connectivity index (χ4n) is 2.03. The van der Waals surface area contributed by atoms with Crippen molar-refractivity contribution >= 4 is 5.78 Å². The van der Waals surface area contributed by atoms with Gasteiger partial charge in [0.2, 0.25) is 0 Å². The number of carbonyl (C=O) groups excluding carboxylic acids is 1. The second-order valence-electron chi connectivity index (χ2n) is 4.24. The molecule has 0 N–H and O–H groups in total. The topological polar surface area (TPSA) is 22.0 Å². The Hall–Kier alpha value is -2.34. The first-order valence-corrected chi connectivity index (χ1v) is 5.73. The van der Waals surface area contributed by atoms with E-state index in [0.29, 0.717) is 6.42 Å². The standard InChI is InChI=1S/C15H10FNO/c16-13-5-3-11(4-6-13)1-2-12-9-14-15(18)7-8-17(14)10-12/h3-6,9-10H,7-8H2. The molecule has 2 heterocycles. The van der Waals surface area contributed by atoms with E-state index in [1.807, 2.05) is 16.8 Å². The zero-order valence-electron chi connectivity index (χ0n) is 9.61. The fraction of sp³-hybridized carbons (Fsp3) is 0.133.